The monoisotopic (exact) mass is 388 g/mol. The fourth-order valence-electron chi connectivity index (χ4n) is 2.71. The van der Waals surface area contributed by atoms with Gasteiger partial charge in [-0.2, -0.15) is 0 Å². The number of anilines is 1. The van der Waals surface area contributed by atoms with Crippen molar-refractivity contribution in [2.24, 2.45) is 5.73 Å². The van der Waals surface area contributed by atoms with Gasteiger partial charge in [0.1, 0.15) is 17.2 Å². The Kier molecular flexibility index (Phi) is 6.55. The van der Waals surface area contributed by atoms with Gasteiger partial charge >= 0.3 is 0 Å². The first-order valence-corrected chi connectivity index (χ1v) is 8.11. The Hall–Kier alpha value is -2.90. The predicted molar refractivity (Wildman–Crippen MR) is 105 cm³/mol. The van der Waals surface area contributed by atoms with Crippen LogP contribution in [0.1, 0.15) is 27.5 Å². The molecule has 2 aromatic heterocycles. The van der Waals surface area contributed by atoms with Crippen LogP contribution in [0.5, 0.6) is 5.75 Å². The first-order valence-electron chi connectivity index (χ1n) is 8.11. The largest absolute Gasteiger partial charge is 0.497 e. The van der Waals surface area contributed by atoms with Crippen LogP contribution in [-0.2, 0) is 6.54 Å². The fraction of sp³-hybridized carbons (Fsp3) is 0.211. The van der Waals surface area contributed by atoms with Crippen LogP contribution < -0.4 is 15.8 Å². The molecule has 0 saturated heterocycles. The van der Waals surface area contributed by atoms with E-state index in [0.29, 0.717) is 23.8 Å². The third kappa shape index (κ3) is 4.45. The molecule has 0 aliphatic rings. The highest BCUT2D eigenvalue weighted by Crippen LogP contribution is 2.28. The number of aromatic nitrogens is 2. The van der Waals surface area contributed by atoms with E-state index in [1.165, 1.54) is 0 Å². The lowest BCUT2D eigenvalue weighted by atomic mass is 9.98. The van der Waals surface area contributed by atoms with E-state index in [2.05, 4.69) is 15.5 Å². The molecule has 1 amide bonds. The van der Waals surface area contributed by atoms with Gasteiger partial charge in [-0.15, -0.1) is 12.4 Å². The number of nitrogens with one attached hydrogen (secondary N) is 1. The number of nitrogens with two attached hydrogens (primary N) is 1. The molecule has 0 bridgehead atoms. The van der Waals surface area contributed by atoms with E-state index < -0.39 is 0 Å². The summed E-state index contributed by atoms with van der Waals surface area (Å²) in [7, 11) is 1.62. The van der Waals surface area contributed by atoms with E-state index in [0.717, 1.165) is 22.4 Å². The van der Waals surface area contributed by atoms with Gasteiger partial charge in [0.05, 0.1) is 7.11 Å². The van der Waals surface area contributed by atoms with Crippen LogP contribution in [0.15, 0.2) is 40.9 Å². The van der Waals surface area contributed by atoms with Crippen molar-refractivity contribution in [1.82, 2.24) is 10.1 Å². The highest BCUT2D eigenvalue weighted by atomic mass is 35.5. The van der Waals surface area contributed by atoms with Crippen molar-refractivity contribution in [3.63, 3.8) is 0 Å². The minimum absolute atomic E-state index is 0. The SMILES string of the molecule is COc1ccc(-c2cc(C(=O)Nc3cc(C)on3)nc(C)c2CN)cc1.Cl. The molecule has 0 spiro atoms. The molecule has 0 atom stereocenters. The summed E-state index contributed by atoms with van der Waals surface area (Å²) in [4.78, 5) is 16.9. The molecule has 0 saturated carbocycles. The molecular formula is C19H21ClN4O3. The second-order valence-electron chi connectivity index (χ2n) is 5.83. The van der Waals surface area contributed by atoms with Gasteiger partial charge in [-0.25, -0.2) is 4.98 Å². The number of aryl methyl sites for hydroxylation is 2. The number of methoxy groups -OCH3 is 1. The maximum absolute atomic E-state index is 12.6. The van der Waals surface area contributed by atoms with Crippen LogP contribution in [0.4, 0.5) is 5.82 Å². The molecule has 0 radical (unpaired) electrons. The first-order chi connectivity index (χ1) is 12.5. The van der Waals surface area contributed by atoms with Crippen LogP contribution in [-0.4, -0.2) is 23.2 Å². The van der Waals surface area contributed by atoms with Crippen LogP contribution in [0, 0.1) is 13.8 Å². The fourth-order valence-corrected chi connectivity index (χ4v) is 2.71. The maximum atomic E-state index is 12.6. The quantitative estimate of drug-likeness (QED) is 0.693. The van der Waals surface area contributed by atoms with Gasteiger partial charge in [-0.3, -0.25) is 4.79 Å². The van der Waals surface area contributed by atoms with Crippen molar-refractivity contribution in [3.05, 3.63) is 59.1 Å². The zero-order chi connectivity index (χ0) is 18.7. The Morgan fingerprint density at radius 2 is 1.93 bits per heavy atom. The van der Waals surface area contributed by atoms with Gasteiger partial charge in [0.2, 0.25) is 0 Å². The zero-order valence-electron chi connectivity index (χ0n) is 15.3. The van der Waals surface area contributed by atoms with Crippen molar-refractivity contribution in [2.45, 2.75) is 20.4 Å². The van der Waals surface area contributed by atoms with E-state index in [1.807, 2.05) is 31.2 Å². The summed E-state index contributed by atoms with van der Waals surface area (Å²) in [6.07, 6.45) is 0. The Morgan fingerprint density at radius 1 is 1.22 bits per heavy atom. The van der Waals surface area contributed by atoms with Crippen LogP contribution >= 0.6 is 12.4 Å². The van der Waals surface area contributed by atoms with Crippen LogP contribution in [0.2, 0.25) is 0 Å². The molecule has 0 unspecified atom stereocenters. The number of carbonyl (C=O) groups excluding carboxylic acids is 1. The van der Waals surface area contributed by atoms with E-state index in [1.54, 1.807) is 26.2 Å². The number of halogens is 1. The van der Waals surface area contributed by atoms with Gasteiger partial charge in [-0.1, -0.05) is 17.3 Å². The molecular weight excluding hydrogens is 368 g/mol. The van der Waals surface area contributed by atoms with Crippen molar-refractivity contribution in [1.29, 1.82) is 0 Å². The van der Waals surface area contributed by atoms with Crippen LogP contribution in [0.3, 0.4) is 0 Å². The van der Waals surface area contributed by atoms with E-state index >= 15 is 0 Å². The summed E-state index contributed by atoms with van der Waals surface area (Å²) in [6, 6.07) is 11.0. The molecule has 3 aromatic rings. The molecule has 0 aliphatic carbocycles. The van der Waals surface area contributed by atoms with E-state index in [-0.39, 0.29) is 24.0 Å². The topological polar surface area (TPSA) is 103 Å². The number of pyridine rings is 1. The van der Waals surface area contributed by atoms with Gasteiger partial charge in [-0.05, 0) is 48.7 Å². The molecule has 8 heteroatoms. The minimum atomic E-state index is -0.361. The van der Waals surface area contributed by atoms with Crippen molar-refractivity contribution < 1.29 is 14.1 Å². The number of hydrogen-bond donors (Lipinski definition) is 2. The molecule has 142 valence electrons. The summed E-state index contributed by atoms with van der Waals surface area (Å²) in [6.45, 7) is 3.92. The number of amides is 1. The zero-order valence-corrected chi connectivity index (χ0v) is 16.1. The smallest absolute Gasteiger partial charge is 0.275 e. The summed E-state index contributed by atoms with van der Waals surface area (Å²) in [5, 5.41) is 6.45. The molecule has 3 rings (SSSR count). The van der Waals surface area contributed by atoms with Crippen molar-refractivity contribution in [2.75, 3.05) is 12.4 Å². The van der Waals surface area contributed by atoms with Crippen LogP contribution in [0.25, 0.3) is 11.1 Å². The predicted octanol–water partition coefficient (Wildman–Crippen LogP) is 3.49. The average Bonchev–Trinajstić information content (AvgIpc) is 3.05. The number of hydrogen-bond acceptors (Lipinski definition) is 6. The molecule has 0 aliphatic heterocycles. The summed E-state index contributed by atoms with van der Waals surface area (Å²) in [5.74, 6) is 1.36. The second-order valence-corrected chi connectivity index (χ2v) is 5.83. The third-order valence-electron chi connectivity index (χ3n) is 4.04. The number of rotatable bonds is 5. The molecule has 7 nitrogen and oxygen atoms in total. The highest BCUT2D eigenvalue weighted by molar-refractivity contribution is 6.03. The molecule has 1 aromatic carbocycles. The lowest BCUT2D eigenvalue weighted by molar-refractivity contribution is 0.102. The Morgan fingerprint density at radius 3 is 2.48 bits per heavy atom. The third-order valence-corrected chi connectivity index (χ3v) is 4.04. The van der Waals surface area contributed by atoms with E-state index in [9.17, 15) is 4.79 Å². The average molecular weight is 389 g/mol. The summed E-state index contributed by atoms with van der Waals surface area (Å²) in [5.41, 5.74) is 9.59. The van der Waals surface area contributed by atoms with Crippen molar-refractivity contribution in [3.8, 4) is 16.9 Å². The number of nitrogens with zero attached hydrogens (tertiary/aromatic N) is 2. The van der Waals surface area contributed by atoms with E-state index in [4.69, 9.17) is 15.0 Å². The Labute approximate surface area is 163 Å². The van der Waals surface area contributed by atoms with Gasteiger partial charge < -0.3 is 20.3 Å². The lowest BCUT2D eigenvalue weighted by Crippen LogP contribution is -2.16. The lowest BCUT2D eigenvalue weighted by Gasteiger charge is -2.13. The minimum Gasteiger partial charge on any atom is -0.497 e. The normalized spacial score (nSPS) is 10.2. The first kappa shape index (κ1) is 20.4. The molecule has 0 fully saturated rings. The summed E-state index contributed by atoms with van der Waals surface area (Å²) < 4.78 is 10.2. The maximum Gasteiger partial charge on any atom is 0.275 e. The number of ether oxygens (including phenoxy) is 1. The molecule has 3 N–H and O–H groups in total. The van der Waals surface area contributed by atoms with Crippen molar-refractivity contribution >= 4 is 24.1 Å². The second kappa shape index (κ2) is 8.66. The van der Waals surface area contributed by atoms with Gasteiger partial charge in [0.25, 0.3) is 5.91 Å². The Balaban J connectivity index is 0.00000261. The van der Waals surface area contributed by atoms with Gasteiger partial charge in [0.15, 0.2) is 5.82 Å². The number of carbonyl (C=O) groups is 1. The highest BCUT2D eigenvalue weighted by Gasteiger charge is 2.16. The standard InChI is InChI=1S/C19H20N4O3.ClH/c1-11-8-18(23-26-11)22-19(24)17-9-15(16(10-20)12(2)21-17)13-4-6-14(25-3)7-5-13;/h4-9H,10,20H2,1-3H3,(H,22,23,24);1H. The molecule has 2 heterocycles. The summed E-state index contributed by atoms with van der Waals surface area (Å²) >= 11 is 0. The Bertz CT molecular complexity index is 939. The number of benzene rings is 1. The van der Waals surface area contributed by atoms with Gasteiger partial charge in [0, 0.05) is 18.3 Å². The molecule has 27 heavy (non-hydrogen) atoms.